The van der Waals surface area contributed by atoms with Crippen molar-refractivity contribution in [3.63, 3.8) is 0 Å². The van der Waals surface area contributed by atoms with Crippen LogP contribution in [0.15, 0.2) is 24.3 Å². The van der Waals surface area contributed by atoms with Gasteiger partial charge in [0, 0.05) is 37.5 Å². The number of nitrogens with two attached hydrogens (primary N) is 1. The van der Waals surface area contributed by atoms with Crippen LogP contribution < -0.4 is 5.73 Å². The summed E-state index contributed by atoms with van der Waals surface area (Å²) in [6.07, 6.45) is 3.45. The maximum Gasteiger partial charge on any atom is 0.223 e. The van der Waals surface area contributed by atoms with E-state index in [1.54, 1.807) is 4.90 Å². The van der Waals surface area contributed by atoms with Crippen molar-refractivity contribution in [2.45, 2.75) is 45.1 Å². The van der Waals surface area contributed by atoms with Gasteiger partial charge in [-0.05, 0) is 24.8 Å². The molecule has 0 saturated carbocycles. The molecule has 1 aromatic rings. The second kappa shape index (κ2) is 7.36. The van der Waals surface area contributed by atoms with E-state index >= 15 is 0 Å². The van der Waals surface area contributed by atoms with Gasteiger partial charge in [-0.15, -0.1) is 0 Å². The molecule has 1 heterocycles. The molecule has 1 fully saturated rings. The molecule has 1 aliphatic heterocycles. The first-order valence-corrected chi connectivity index (χ1v) is 7.75. The Kier molecular flexibility index (Phi) is 5.51. The Morgan fingerprint density at radius 3 is 2.57 bits per heavy atom. The van der Waals surface area contributed by atoms with Crippen LogP contribution in [0.4, 0.5) is 0 Å². The van der Waals surface area contributed by atoms with Crippen LogP contribution in [0, 0.1) is 0 Å². The zero-order chi connectivity index (χ0) is 15.2. The van der Waals surface area contributed by atoms with E-state index < -0.39 is 0 Å². The molecule has 1 aromatic carbocycles. The van der Waals surface area contributed by atoms with Crippen molar-refractivity contribution in [3.05, 3.63) is 35.4 Å². The van der Waals surface area contributed by atoms with Crippen molar-refractivity contribution in [2.75, 3.05) is 13.1 Å². The molecule has 2 rings (SSSR count). The summed E-state index contributed by atoms with van der Waals surface area (Å²) in [6, 6.07) is 7.72. The monoisotopic (exact) mass is 288 g/mol. The maximum absolute atomic E-state index is 12.1. The number of nitrogens with zero attached hydrogens (tertiary/aromatic N) is 1. The van der Waals surface area contributed by atoms with Gasteiger partial charge in [-0.1, -0.05) is 31.2 Å². The summed E-state index contributed by atoms with van der Waals surface area (Å²) in [5.41, 5.74) is 7.78. The first-order valence-electron chi connectivity index (χ1n) is 7.75. The number of amides is 1. The molecule has 1 saturated heterocycles. The van der Waals surface area contributed by atoms with Crippen LogP contribution in [-0.4, -0.2) is 35.7 Å². The normalized spacial score (nSPS) is 18.6. The standard InChI is InChI=1S/C17H24N2O2/c1-2-13-5-7-14(8-6-13)16(20)9-10-17(21)19-11-3-4-15(18)12-19/h5-8,15H,2-4,9-12,18H2,1H3. The molecule has 1 unspecified atom stereocenters. The van der Waals surface area contributed by atoms with Gasteiger partial charge >= 0.3 is 0 Å². The second-order valence-electron chi connectivity index (χ2n) is 5.72. The number of hydrogen-bond acceptors (Lipinski definition) is 3. The van der Waals surface area contributed by atoms with Gasteiger partial charge < -0.3 is 10.6 Å². The highest BCUT2D eigenvalue weighted by Gasteiger charge is 2.21. The van der Waals surface area contributed by atoms with Crippen molar-refractivity contribution in [1.29, 1.82) is 0 Å². The van der Waals surface area contributed by atoms with Crippen molar-refractivity contribution >= 4 is 11.7 Å². The van der Waals surface area contributed by atoms with Crippen LogP contribution in [0.2, 0.25) is 0 Å². The molecule has 0 radical (unpaired) electrons. The Labute approximate surface area is 126 Å². The van der Waals surface area contributed by atoms with E-state index in [-0.39, 0.29) is 30.6 Å². The molecule has 0 aliphatic carbocycles. The second-order valence-corrected chi connectivity index (χ2v) is 5.72. The van der Waals surface area contributed by atoms with Crippen LogP contribution in [0.25, 0.3) is 0 Å². The number of rotatable bonds is 5. The van der Waals surface area contributed by atoms with Gasteiger partial charge in [0.15, 0.2) is 5.78 Å². The van der Waals surface area contributed by atoms with Gasteiger partial charge in [0.1, 0.15) is 0 Å². The zero-order valence-corrected chi connectivity index (χ0v) is 12.7. The number of piperidine rings is 1. The molecule has 114 valence electrons. The molecule has 4 nitrogen and oxygen atoms in total. The number of carbonyl (C=O) groups excluding carboxylic acids is 2. The smallest absolute Gasteiger partial charge is 0.223 e. The van der Waals surface area contributed by atoms with E-state index in [0.717, 1.165) is 25.8 Å². The fourth-order valence-corrected chi connectivity index (χ4v) is 2.69. The van der Waals surface area contributed by atoms with E-state index in [9.17, 15) is 9.59 Å². The lowest BCUT2D eigenvalue weighted by Gasteiger charge is -2.30. The number of likely N-dealkylation sites (tertiary alicyclic amines) is 1. The number of ketones is 1. The molecular weight excluding hydrogens is 264 g/mol. The first-order chi connectivity index (χ1) is 10.1. The van der Waals surface area contributed by atoms with Crippen molar-refractivity contribution in [3.8, 4) is 0 Å². The molecule has 0 spiro atoms. The number of Topliss-reactive ketones (excluding diaryl/α,β-unsaturated/α-hetero) is 1. The third-order valence-electron chi connectivity index (χ3n) is 4.06. The van der Waals surface area contributed by atoms with Crippen molar-refractivity contribution in [1.82, 2.24) is 4.90 Å². The largest absolute Gasteiger partial charge is 0.341 e. The minimum atomic E-state index is 0.0345. The molecule has 1 atom stereocenters. The molecule has 21 heavy (non-hydrogen) atoms. The van der Waals surface area contributed by atoms with Gasteiger partial charge in [-0.2, -0.15) is 0 Å². The number of carbonyl (C=O) groups is 2. The molecule has 1 aliphatic rings. The van der Waals surface area contributed by atoms with Gasteiger partial charge in [-0.25, -0.2) is 0 Å². The Morgan fingerprint density at radius 1 is 1.24 bits per heavy atom. The van der Waals surface area contributed by atoms with Crippen molar-refractivity contribution < 1.29 is 9.59 Å². The highest BCUT2D eigenvalue weighted by Crippen LogP contribution is 2.13. The predicted molar refractivity (Wildman–Crippen MR) is 83.2 cm³/mol. The zero-order valence-electron chi connectivity index (χ0n) is 12.7. The minimum absolute atomic E-state index is 0.0345. The highest BCUT2D eigenvalue weighted by atomic mass is 16.2. The topological polar surface area (TPSA) is 63.4 Å². The van der Waals surface area contributed by atoms with Crippen LogP contribution in [0.5, 0.6) is 0 Å². The van der Waals surface area contributed by atoms with Gasteiger partial charge in [-0.3, -0.25) is 9.59 Å². The average Bonchev–Trinajstić information content (AvgIpc) is 2.52. The highest BCUT2D eigenvalue weighted by molar-refractivity contribution is 5.98. The van der Waals surface area contributed by atoms with Crippen LogP contribution in [-0.2, 0) is 11.2 Å². The van der Waals surface area contributed by atoms with E-state index in [1.165, 1.54) is 5.56 Å². The van der Waals surface area contributed by atoms with E-state index in [0.29, 0.717) is 12.1 Å². The maximum atomic E-state index is 12.1. The summed E-state index contributed by atoms with van der Waals surface area (Å²) >= 11 is 0. The summed E-state index contributed by atoms with van der Waals surface area (Å²) in [6.45, 7) is 3.48. The lowest BCUT2D eigenvalue weighted by atomic mass is 10.0. The van der Waals surface area contributed by atoms with Gasteiger partial charge in [0.25, 0.3) is 0 Å². The lowest BCUT2D eigenvalue weighted by Crippen LogP contribution is -2.45. The summed E-state index contributed by atoms with van der Waals surface area (Å²) in [5, 5.41) is 0. The first kappa shape index (κ1) is 15.7. The Morgan fingerprint density at radius 2 is 1.95 bits per heavy atom. The SMILES string of the molecule is CCc1ccc(C(=O)CCC(=O)N2CCCC(N)C2)cc1. The Hall–Kier alpha value is -1.68. The van der Waals surface area contributed by atoms with Crippen molar-refractivity contribution in [2.24, 2.45) is 5.73 Å². The lowest BCUT2D eigenvalue weighted by molar-refractivity contribution is -0.132. The van der Waals surface area contributed by atoms with Gasteiger partial charge in [0.2, 0.25) is 5.91 Å². The molecular formula is C17H24N2O2. The van der Waals surface area contributed by atoms with Crippen LogP contribution in [0.1, 0.15) is 48.5 Å². The fourth-order valence-electron chi connectivity index (χ4n) is 2.69. The quantitative estimate of drug-likeness (QED) is 0.845. The van der Waals surface area contributed by atoms with Gasteiger partial charge in [0.05, 0.1) is 0 Å². The van der Waals surface area contributed by atoms with E-state index in [2.05, 4.69) is 6.92 Å². The molecule has 4 heteroatoms. The molecule has 0 bridgehead atoms. The third kappa shape index (κ3) is 4.39. The average molecular weight is 288 g/mol. The number of aryl methyl sites for hydroxylation is 1. The molecule has 0 aromatic heterocycles. The number of hydrogen-bond donors (Lipinski definition) is 1. The van der Waals surface area contributed by atoms with Crippen LogP contribution in [0.3, 0.4) is 0 Å². The Balaban J connectivity index is 1.83. The van der Waals surface area contributed by atoms with E-state index in [4.69, 9.17) is 5.73 Å². The predicted octanol–water partition coefficient (Wildman–Crippen LogP) is 2.16. The minimum Gasteiger partial charge on any atom is -0.341 e. The summed E-state index contributed by atoms with van der Waals surface area (Å²) in [7, 11) is 0. The number of benzene rings is 1. The third-order valence-corrected chi connectivity index (χ3v) is 4.06. The summed E-state index contributed by atoms with van der Waals surface area (Å²) in [5.74, 6) is 0.0796. The molecule has 1 amide bonds. The van der Waals surface area contributed by atoms with Crippen LogP contribution >= 0.6 is 0 Å². The molecule has 2 N–H and O–H groups in total. The summed E-state index contributed by atoms with van der Waals surface area (Å²) < 4.78 is 0. The van der Waals surface area contributed by atoms with E-state index in [1.807, 2.05) is 24.3 Å². The fraction of sp³-hybridized carbons (Fsp3) is 0.529. The Bertz CT molecular complexity index is 496. The summed E-state index contributed by atoms with van der Waals surface area (Å²) in [4.78, 5) is 26.0.